The van der Waals surface area contributed by atoms with Crippen LogP contribution < -0.4 is 0 Å². The molecule has 2 unspecified atom stereocenters. The maximum atomic E-state index is 12.1. The summed E-state index contributed by atoms with van der Waals surface area (Å²) in [7, 11) is 0. The maximum Gasteiger partial charge on any atom is 0.319 e. The molecule has 0 radical (unpaired) electrons. The molecular weight excluding hydrogens is 347 g/mol. The van der Waals surface area contributed by atoms with Crippen molar-refractivity contribution in [3.05, 3.63) is 0 Å². The normalized spacial score (nSPS) is 14.8. The van der Waals surface area contributed by atoms with Crippen LogP contribution in [0.4, 0.5) is 0 Å². The quantitative estimate of drug-likeness (QED) is 0.531. The predicted molar refractivity (Wildman–Crippen MR) is 78.0 cm³/mol. The van der Waals surface area contributed by atoms with Gasteiger partial charge in [0.1, 0.15) is 0 Å². The molecule has 0 aromatic heterocycles. The molecule has 0 saturated carbocycles. The van der Waals surface area contributed by atoms with Crippen molar-refractivity contribution < 1.29 is 17.4 Å². The maximum absolute atomic E-state index is 12.1. The van der Waals surface area contributed by atoms with Crippen LogP contribution in [0.2, 0.25) is 0 Å². The number of halogens is 1. The number of carbonyl (C=O) groups excluding carboxylic acids is 2. The van der Waals surface area contributed by atoms with E-state index in [0.29, 0.717) is 0 Å². The molecule has 0 fully saturated rings. The topological polar surface area (TPSA) is 52.6 Å². The van der Waals surface area contributed by atoms with Crippen LogP contribution in [0, 0.1) is 23.7 Å². The standard InChI is InChI=1S/C13H23IO4/c1-7(2)10(12(15)17-9(5)6)11(8(3)4)13(16)18-14/h7-11H,1-6H3. The third-order valence-electron chi connectivity index (χ3n) is 2.80. The van der Waals surface area contributed by atoms with Crippen molar-refractivity contribution in [2.24, 2.45) is 23.7 Å². The van der Waals surface area contributed by atoms with Crippen LogP contribution in [0.3, 0.4) is 0 Å². The van der Waals surface area contributed by atoms with E-state index in [9.17, 15) is 9.59 Å². The van der Waals surface area contributed by atoms with Crippen molar-refractivity contribution in [1.82, 2.24) is 0 Å². The van der Waals surface area contributed by atoms with Gasteiger partial charge in [0.15, 0.2) is 23.0 Å². The molecule has 5 heteroatoms. The Morgan fingerprint density at radius 2 is 1.22 bits per heavy atom. The first-order valence-electron chi connectivity index (χ1n) is 6.25. The Kier molecular flexibility index (Phi) is 7.82. The van der Waals surface area contributed by atoms with E-state index in [4.69, 9.17) is 7.80 Å². The fourth-order valence-corrected chi connectivity index (χ4v) is 2.32. The molecule has 106 valence electrons. The molecule has 4 nitrogen and oxygen atoms in total. The second kappa shape index (κ2) is 7.96. The van der Waals surface area contributed by atoms with E-state index in [1.54, 1.807) is 36.9 Å². The van der Waals surface area contributed by atoms with Gasteiger partial charge >= 0.3 is 11.9 Å². The average Bonchev–Trinajstić information content (AvgIpc) is 2.22. The summed E-state index contributed by atoms with van der Waals surface area (Å²) in [6.07, 6.45) is -0.179. The Bertz CT molecular complexity index is 287. The largest absolute Gasteiger partial charge is 0.463 e. The van der Waals surface area contributed by atoms with E-state index in [0.717, 1.165) is 0 Å². The van der Waals surface area contributed by atoms with Gasteiger partial charge in [0.25, 0.3) is 0 Å². The minimum Gasteiger partial charge on any atom is -0.463 e. The molecule has 0 rings (SSSR count). The summed E-state index contributed by atoms with van der Waals surface area (Å²) in [4.78, 5) is 24.0. The van der Waals surface area contributed by atoms with Gasteiger partial charge in [0.05, 0.1) is 17.9 Å². The van der Waals surface area contributed by atoms with Crippen molar-refractivity contribution in [2.45, 2.75) is 47.6 Å². The van der Waals surface area contributed by atoms with Crippen molar-refractivity contribution in [2.75, 3.05) is 0 Å². The Labute approximate surface area is 123 Å². The molecule has 2 atom stereocenters. The Morgan fingerprint density at radius 3 is 1.50 bits per heavy atom. The molecule has 0 spiro atoms. The van der Waals surface area contributed by atoms with Crippen molar-refractivity contribution in [3.8, 4) is 0 Å². The summed E-state index contributed by atoms with van der Waals surface area (Å²) >= 11 is 1.57. The molecule has 18 heavy (non-hydrogen) atoms. The summed E-state index contributed by atoms with van der Waals surface area (Å²) in [5.74, 6) is -1.55. The first kappa shape index (κ1) is 17.7. The zero-order valence-electron chi connectivity index (χ0n) is 11.9. The molecular formula is C13H23IO4. The van der Waals surface area contributed by atoms with Crippen molar-refractivity contribution in [3.63, 3.8) is 0 Å². The molecule has 0 heterocycles. The highest BCUT2D eigenvalue weighted by Gasteiger charge is 2.40. The van der Waals surface area contributed by atoms with E-state index < -0.39 is 11.8 Å². The Morgan fingerprint density at radius 1 is 0.833 bits per heavy atom. The molecule has 0 aliphatic rings. The van der Waals surface area contributed by atoms with Crippen LogP contribution in [0.15, 0.2) is 0 Å². The van der Waals surface area contributed by atoms with E-state index >= 15 is 0 Å². The highest BCUT2D eigenvalue weighted by atomic mass is 127. The van der Waals surface area contributed by atoms with E-state index in [-0.39, 0.29) is 29.9 Å². The smallest absolute Gasteiger partial charge is 0.319 e. The van der Waals surface area contributed by atoms with Crippen LogP contribution >= 0.6 is 23.0 Å². The number of rotatable bonds is 6. The van der Waals surface area contributed by atoms with Crippen LogP contribution in [-0.4, -0.2) is 18.0 Å². The van der Waals surface area contributed by atoms with Crippen LogP contribution in [-0.2, 0) is 17.4 Å². The van der Waals surface area contributed by atoms with Gasteiger partial charge in [-0.15, -0.1) is 0 Å². The van der Waals surface area contributed by atoms with E-state index in [1.165, 1.54) is 0 Å². The third-order valence-corrected chi connectivity index (χ3v) is 3.23. The molecule has 0 amide bonds. The van der Waals surface area contributed by atoms with Crippen molar-refractivity contribution in [1.29, 1.82) is 0 Å². The summed E-state index contributed by atoms with van der Waals surface area (Å²) in [5.41, 5.74) is 0. The molecule has 0 aromatic carbocycles. The van der Waals surface area contributed by atoms with Gasteiger partial charge in [-0.25, -0.2) is 0 Å². The van der Waals surface area contributed by atoms with Crippen LogP contribution in [0.5, 0.6) is 0 Å². The molecule has 0 bridgehead atoms. The Hall–Kier alpha value is -0.330. The summed E-state index contributed by atoms with van der Waals surface area (Å²) in [6, 6.07) is 0. The van der Waals surface area contributed by atoms with Gasteiger partial charge in [-0.05, 0) is 25.7 Å². The second-order valence-corrected chi connectivity index (χ2v) is 5.86. The van der Waals surface area contributed by atoms with Gasteiger partial charge in [0.2, 0.25) is 0 Å². The van der Waals surface area contributed by atoms with Crippen molar-refractivity contribution >= 4 is 34.9 Å². The molecule has 0 aliphatic carbocycles. The lowest BCUT2D eigenvalue weighted by molar-refractivity contribution is -0.162. The third kappa shape index (κ3) is 5.12. The fraction of sp³-hybridized carbons (Fsp3) is 0.846. The minimum atomic E-state index is -0.465. The zero-order chi connectivity index (χ0) is 14.5. The first-order chi connectivity index (χ1) is 8.22. The lowest BCUT2D eigenvalue weighted by Gasteiger charge is -2.29. The molecule has 0 aliphatic heterocycles. The van der Waals surface area contributed by atoms with Gasteiger partial charge in [-0.2, -0.15) is 0 Å². The zero-order valence-corrected chi connectivity index (χ0v) is 14.1. The molecule has 0 saturated heterocycles. The number of hydrogen-bond acceptors (Lipinski definition) is 4. The number of carbonyl (C=O) groups is 2. The predicted octanol–water partition coefficient (Wildman–Crippen LogP) is 3.38. The first-order valence-corrected chi connectivity index (χ1v) is 7.13. The monoisotopic (exact) mass is 370 g/mol. The molecule has 0 aromatic rings. The summed E-state index contributed by atoms with van der Waals surface area (Å²) in [6.45, 7) is 11.3. The van der Waals surface area contributed by atoms with Crippen LogP contribution in [0.25, 0.3) is 0 Å². The molecule has 0 N–H and O–H groups in total. The minimum absolute atomic E-state index is 0.0270. The number of esters is 1. The summed E-state index contributed by atoms with van der Waals surface area (Å²) in [5, 5.41) is 0. The van der Waals surface area contributed by atoms with E-state index in [1.807, 2.05) is 27.7 Å². The number of ether oxygens (including phenoxy) is 1. The Balaban J connectivity index is 5.16. The van der Waals surface area contributed by atoms with E-state index in [2.05, 4.69) is 0 Å². The SMILES string of the molecule is CC(C)OC(=O)C(C(C)C)C(C(=O)OI)C(C)C. The van der Waals surface area contributed by atoms with Gasteiger partial charge in [0, 0.05) is 0 Å². The fourth-order valence-electron chi connectivity index (χ4n) is 2.03. The van der Waals surface area contributed by atoms with Gasteiger partial charge in [-0.3, -0.25) is 9.59 Å². The summed E-state index contributed by atoms with van der Waals surface area (Å²) < 4.78 is 10.0. The average molecular weight is 370 g/mol. The lowest BCUT2D eigenvalue weighted by atomic mass is 9.77. The van der Waals surface area contributed by atoms with Gasteiger partial charge < -0.3 is 7.80 Å². The highest BCUT2D eigenvalue weighted by Crippen LogP contribution is 2.30. The van der Waals surface area contributed by atoms with Gasteiger partial charge in [-0.1, -0.05) is 27.7 Å². The highest BCUT2D eigenvalue weighted by molar-refractivity contribution is 14.1. The lowest BCUT2D eigenvalue weighted by Crippen LogP contribution is -2.38. The second-order valence-electron chi connectivity index (χ2n) is 5.42. The number of hydrogen-bond donors (Lipinski definition) is 0. The van der Waals surface area contributed by atoms with Crippen LogP contribution in [0.1, 0.15) is 41.5 Å².